The second-order valence-corrected chi connectivity index (χ2v) is 4.47. The average molecular weight is 242 g/mol. The monoisotopic (exact) mass is 242 g/mol. The second-order valence-electron chi connectivity index (χ2n) is 4.47. The quantitative estimate of drug-likeness (QED) is 0.748. The zero-order chi connectivity index (χ0) is 12.8. The third-order valence-corrected chi connectivity index (χ3v) is 3.07. The maximum atomic E-state index is 12.2. The van der Waals surface area contributed by atoms with Gasteiger partial charge in [-0.2, -0.15) is 0 Å². The molecule has 1 saturated heterocycles. The van der Waals surface area contributed by atoms with Gasteiger partial charge < -0.3 is 10.0 Å². The van der Waals surface area contributed by atoms with E-state index < -0.39 is 12.0 Å². The Morgan fingerprint density at radius 2 is 1.94 bits per heavy atom. The van der Waals surface area contributed by atoms with Crippen molar-refractivity contribution in [3.05, 3.63) is 0 Å². The van der Waals surface area contributed by atoms with Crippen molar-refractivity contribution in [2.24, 2.45) is 0 Å². The Morgan fingerprint density at radius 1 is 1.29 bits per heavy atom. The third kappa shape index (κ3) is 3.70. The van der Waals surface area contributed by atoms with Crippen molar-refractivity contribution in [1.82, 2.24) is 9.80 Å². The van der Waals surface area contributed by atoms with E-state index in [4.69, 9.17) is 5.11 Å². The van der Waals surface area contributed by atoms with Gasteiger partial charge in [-0.1, -0.05) is 13.8 Å². The maximum Gasteiger partial charge on any atom is 0.305 e. The summed E-state index contributed by atoms with van der Waals surface area (Å²) < 4.78 is 0. The van der Waals surface area contributed by atoms with Gasteiger partial charge in [-0.15, -0.1) is 0 Å². The fourth-order valence-corrected chi connectivity index (χ4v) is 2.31. The van der Waals surface area contributed by atoms with E-state index in [2.05, 4.69) is 0 Å². The lowest BCUT2D eigenvalue weighted by Crippen LogP contribution is -2.57. The molecule has 0 bridgehead atoms. The van der Waals surface area contributed by atoms with Crippen LogP contribution in [0.5, 0.6) is 0 Å². The predicted octanol–water partition coefficient (Wildman–Crippen LogP) is 0.794. The fourth-order valence-electron chi connectivity index (χ4n) is 2.31. The minimum absolute atomic E-state index is 0.0195. The molecule has 5 heteroatoms. The van der Waals surface area contributed by atoms with Crippen LogP contribution in [0.25, 0.3) is 0 Å². The number of nitrogens with zero attached hydrogens (tertiary/aromatic N) is 2. The second kappa shape index (κ2) is 6.59. The summed E-state index contributed by atoms with van der Waals surface area (Å²) in [5.41, 5.74) is 0. The molecule has 0 saturated carbocycles. The highest BCUT2D eigenvalue weighted by molar-refractivity contribution is 5.86. The highest BCUT2D eigenvalue weighted by Gasteiger charge is 2.35. The smallest absolute Gasteiger partial charge is 0.305 e. The van der Waals surface area contributed by atoms with Crippen molar-refractivity contribution in [3.63, 3.8) is 0 Å². The molecular formula is C12H22N2O3. The Bertz CT molecular complexity index is 281. The van der Waals surface area contributed by atoms with E-state index in [1.54, 1.807) is 4.90 Å². The first-order valence-electron chi connectivity index (χ1n) is 6.34. The van der Waals surface area contributed by atoms with Crippen molar-refractivity contribution < 1.29 is 14.7 Å². The van der Waals surface area contributed by atoms with Crippen LogP contribution in [-0.2, 0) is 9.59 Å². The standard InChI is InChI=1S/C12H22N2O3/c1-3-5-13-7-8-14(6-4-2)12(17)10(13)9-11(15)16/h10H,3-9H2,1-2H3,(H,15,16). The zero-order valence-electron chi connectivity index (χ0n) is 10.7. The van der Waals surface area contributed by atoms with Crippen LogP contribution in [-0.4, -0.2) is 59.0 Å². The zero-order valence-corrected chi connectivity index (χ0v) is 10.7. The summed E-state index contributed by atoms with van der Waals surface area (Å²) in [6, 6.07) is -0.465. The number of aliphatic carboxylic acids is 1. The molecule has 0 spiro atoms. The first-order chi connectivity index (χ1) is 8.10. The van der Waals surface area contributed by atoms with Gasteiger partial charge in [0, 0.05) is 19.6 Å². The van der Waals surface area contributed by atoms with Crippen LogP contribution in [0, 0.1) is 0 Å². The summed E-state index contributed by atoms with van der Waals surface area (Å²) in [7, 11) is 0. The molecule has 5 nitrogen and oxygen atoms in total. The molecule has 1 atom stereocenters. The van der Waals surface area contributed by atoms with E-state index >= 15 is 0 Å². The minimum Gasteiger partial charge on any atom is -0.481 e. The maximum absolute atomic E-state index is 12.2. The van der Waals surface area contributed by atoms with E-state index in [-0.39, 0.29) is 12.3 Å². The van der Waals surface area contributed by atoms with Gasteiger partial charge in [-0.25, -0.2) is 0 Å². The van der Waals surface area contributed by atoms with Gasteiger partial charge in [0.1, 0.15) is 0 Å². The minimum atomic E-state index is -0.900. The summed E-state index contributed by atoms with van der Waals surface area (Å²) >= 11 is 0. The first kappa shape index (κ1) is 14.0. The van der Waals surface area contributed by atoms with Gasteiger partial charge in [0.05, 0.1) is 12.5 Å². The van der Waals surface area contributed by atoms with Gasteiger partial charge in [-0.3, -0.25) is 14.5 Å². The van der Waals surface area contributed by atoms with Gasteiger partial charge in [0.2, 0.25) is 5.91 Å². The van der Waals surface area contributed by atoms with Crippen molar-refractivity contribution in [2.45, 2.75) is 39.2 Å². The third-order valence-electron chi connectivity index (χ3n) is 3.07. The van der Waals surface area contributed by atoms with E-state index in [0.717, 1.165) is 39.0 Å². The number of hydrogen-bond donors (Lipinski definition) is 1. The van der Waals surface area contributed by atoms with Crippen LogP contribution in [0.3, 0.4) is 0 Å². The number of rotatable bonds is 6. The first-order valence-corrected chi connectivity index (χ1v) is 6.34. The normalized spacial score (nSPS) is 21.9. The van der Waals surface area contributed by atoms with Crippen LogP contribution in [0.4, 0.5) is 0 Å². The lowest BCUT2D eigenvalue weighted by Gasteiger charge is -2.40. The number of carboxylic acid groups (broad SMARTS) is 1. The van der Waals surface area contributed by atoms with Crippen LogP contribution >= 0.6 is 0 Å². The van der Waals surface area contributed by atoms with Crippen LogP contribution in [0.2, 0.25) is 0 Å². The molecule has 1 heterocycles. The number of amides is 1. The van der Waals surface area contributed by atoms with Gasteiger partial charge in [-0.05, 0) is 19.4 Å². The summed E-state index contributed by atoms with van der Waals surface area (Å²) in [5.74, 6) is -0.920. The number of carboxylic acids is 1. The molecule has 98 valence electrons. The molecule has 1 amide bonds. The van der Waals surface area contributed by atoms with E-state index in [1.165, 1.54) is 0 Å². The van der Waals surface area contributed by atoms with Crippen LogP contribution in [0.15, 0.2) is 0 Å². The number of hydrogen-bond acceptors (Lipinski definition) is 3. The summed E-state index contributed by atoms with van der Waals surface area (Å²) in [4.78, 5) is 26.8. The Kier molecular flexibility index (Phi) is 5.41. The van der Waals surface area contributed by atoms with Crippen molar-refractivity contribution in [3.8, 4) is 0 Å². The number of carbonyl (C=O) groups is 2. The molecule has 0 radical (unpaired) electrons. The number of piperazine rings is 1. The Labute approximate surface area is 102 Å². The topological polar surface area (TPSA) is 60.9 Å². The van der Waals surface area contributed by atoms with Gasteiger partial charge in [0.25, 0.3) is 0 Å². The molecule has 1 unspecified atom stereocenters. The largest absolute Gasteiger partial charge is 0.481 e. The van der Waals surface area contributed by atoms with Crippen molar-refractivity contribution in [1.29, 1.82) is 0 Å². The summed E-state index contributed by atoms with van der Waals surface area (Å²) in [6.45, 7) is 7.11. The summed E-state index contributed by atoms with van der Waals surface area (Å²) in [6.07, 6.45) is 1.77. The predicted molar refractivity (Wildman–Crippen MR) is 64.8 cm³/mol. The molecule has 1 fully saturated rings. The average Bonchev–Trinajstić information content (AvgIpc) is 2.27. The Morgan fingerprint density at radius 3 is 2.47 bits per heavy atom. The summed E-state index contributed by atoms with van der Waals surface area (Å²) in [5, 5.41) is 8.89. The highest BCUT2D eigenvalue weighted by Crippen LogP contribution is 2.15. The van der Waals surface area contributed by atoms with E-state index in [9.17, 15) is 9.59 Å². The molecule has 1 N–H and O–H groups in total. The molecule has 1 aliphatic heterocycles. The molecule has 0 aliphatic carbocycles. The lowest BCUT2D eigenvalue weighted by atomic mass is 10.1. The molecule has 0 aromatic heterocycles. The molecule has 0 aromatic rings. The van der Waals surface area contributed by atoms with Crippen LogP contribution in [0.1, 0.15) is 33.1 Å². The van der Waals surface area contributed by atoms with Gasteiger partial charge in [0.15, 0.2) is 0 Å². The lowest BCUT2D eigenvalue weighted by molar-refractivity contribution is -0.149. The van der Waals surface area contributed by atoms with E-state index in [1.807, 2.05) is 18.7 Å². The van der Waals surface area contributed by atoms with Crippen molar-refractivity contribution in [2.75, 3.05) is 26.2 Å². The van der Waals surface area contributed by atoms with Crippen molar-refractivity contribution >= 4 is 11.9 Å². The molecule has 0 aromatic carbocycles. The molecule has 1 rings (SSSR count). The van der Waals surface area contributed by atoms with Crippen LogP contribution < -0.4 is 0 Å². The fraction of sp³-hybridized carbons (Fsp3) is 0.833. The van der Waals surface area contributed by atoms with Gasteiger partial charge >= 0.3 is 5.97 Å². The number of carbonyl (C=O) groups excluding carboxylic acids is 1. The highest BCUT2D eigenvalue weighted by atomic mass is 16.4. The molecule has 17 heavy (non-hydrogen) atoms. The SMILES string of the molecule is CCCN1CCN(CCC)C(CC(=O)O)C1=O. The Balaban J connectivity index is 2.71. The molecule has 1 aliphatic rings. The Hall–Kier alpha value is -1.10. The molecular weight excluding hydrogens is 220 g/mol. The van der Waals surface area contributed by atoms with E-state index in [0.29, 0.717) is 0 Å².